The fraction of sp³-hybridized carbons (Fsp3) is 0.364. The maximum atomic E-state index is 11.2. The second-order valence-electron chi connectivity index (χ2n) is 3.21. The molecule has 0 spiro atoms. The van der Waals surface area contributed by atoms with E-state index in [9.17, 15) is 9.90 Å². The van der Waals surface area contributed by atoms with Crippen molar-refractivity contribution in [1.29, 1.82) is 0 Å². The Morgan fingerprint density at radius 2 is 2.33 bits per heavy atom. The number of aliphatic hydroxyl groups is 1. The summed E-state index contributed by atoms with van der Waals surface area (Å²) in [5.74, 6) is -0.406. The van der Waals surface area contributed by atoms with Crippen LogP contribution in [0.25, 0.3) is 0 Å². The lowest BCUT2D eigenvalue weighted by Crippen LogP contribution is -2.08. The molecule has 0 aliphatic rings. The lowest BCUT2D eigenvalue weighted by Gasteiger charge is -2.10. The van der Waals surface area contributed by atoms with Crippen molar-refractivity contribution in [3.05, 3.63) is 35.4 Å². The molecule has 0 amide bonds. The highest BCUT2D eigenvalue weighted by atomic mass is 16.5. The fourth-order valence-corrected chi connectivity index (χ4v) is 1.32. The Labute approximate surface area is 88.7 Å². The fourth-order valence-electron chi connectivity index (χ4n) is 1.32. The molecule has 0 aromatic heterocycles. The van der Waals surface area contributed by atoms with Gasteiger partial charge in [-0.25, -0.2) is 4.79 Å². The summed E-state index contributed by atoms with van der Waals surface area (Å²) in [7, 11) is 1.32. The van der Waals surface area contributed by atoms with Crippen molar-refractivity contribution in [3.8, 4) is 0 Å². The van der Waals surface area contributed by atoms with Gasteiger partial charge in [-0.15, -0.1) is 0 Å². The maximum Gasteiger partial charge on any atom is 0.337 e. The molecule has 4 heteroatoms. The van der Waals surface area contributed by atoms with E-state index in [4.69, 9.17) is 5.73 Å². The van der Waals surface area contributed by atoms with Crippen LogP contribution >= 0.6 is 0 Å². The first-order valence-corrected chi connectivity index (χ1v) is 4.75. The van der Waals surface area contributed by atoms with Crippen LogP contribution in [0.15, 0.2) is 24.3 Å². The Morgan fingerprint density at radius 1 is 1.60 bits per heavy atom. The molecule has 0 fully saturated rings. The van der Waals surface area contributed by atoms with Crippen molar-refractivity contribution in [2.24, 2.45) is 5.73 Å². The zero-order valence-corrected chi connectivity index (χ0v) is 8.64. The van der Waals surface area contributed by atoms with Gasteiger partial charge in [-0.2, -0.15) is 0 Å². The lowest BCUT2D eigenvalue weighted by molar-refractivity contribution is 0.0600. The molecule has 0 saturated heterocycles. The van der Waals surface area contributed by atoms with Crippen LogP contribution in [0.5, 0.6) is 0 Å². The van der Waals surface area contributed by atoms with Gasteiger partial charge >= 0.3 is 5.97 Å². The van der Waals surface area contributed by atoms with E-state index in [0.717, 1.165) is 0 Å². The molecular weight excluding hydrogens is 194 g/mol. The molecule has 0 radical (unpaired) electrons. The van der Waals surface area contributed by atoms with E-state index in [1.165, 1.54) is 7.11 Å². The van der Waals surface area contributed by atoms with E-state index in [2.05, 4.69) is 4.74 Å². The molecule has 1 unspecified atom stereocenters. The molecule has 1 aromatic rings. The summed E-state index contributed by atoms with van der Waals surface area (Å²) >= 11 is 0. The number of hydrogen-bond donors (Lipinski definition) is 2. The van der Waals surface area contributed by atoms with Crippen LogP contribution in [0, 0.1) is 0 Å². The Balaban J connectivity index is 2.87. The van der Waals surface area contributed by atoms with E-state index < -0.39 is 12.1 Å². The van der Waals surface area contributed by atoms with Gasteiger partial charge in [-0.1, -0.05) is 12.1 Å². The summed E-state index contributed by atoms with van der Waals surface area (Å²) in [5.41, 5.74) is 6.46. The minimum absolute atomic E-state index is 0.406. The molecule has 3 N–H and O–H groups in total. The molecule has 1 aromatic carbocycles. The third-order valence-corrected chi connectivity index (χ3v) is 2.13. The first kappa shape index (κ1) is 11.7. The molecule has 4 nitrogen and oxygen atoms in total. The monoisotopic (exact) mass is 209 g/mol. The van der Waals surface area contributed by atoms with Crippen LogP contribution < -0.4 is 5.73 Å². The topological polar surface area (TPSA) is 72.5 Å². The quantitative estimate of drug-likeness (QED) is 0.721. The number of ether oxygens (including phenoxy) is 1. The van der Waals surface area contributed by atoms with Crippen molar-refractivity contribution < 1.29 is 14.6 Å². The molecular formula is C11H15NO3. The van der Waals surface area contributed by atoms with Gasteiger partial charge < -0.3 is 15.6 Å². The number of methoxy groups -OCH3 is 1. The Bertz CT molecular complexity index is 338. The number of hydrogen-bond acceptors (Lipinski definition) is 4. The zero-order chi connectivity index (χ0) is 11.3. The van der Waals surface area contributed by atoms with Gasteiger partial charge in [0.2, 0.25) is 0 Å². The number of carbonyl (C=O) groups excluding carboxylic acids is 1. The number of benzene rings is 1. The number of aliphatic hydroxyl groups excluding tert-OH is 1. The molecule has 0 aliphatic carbocycles. The van der Waals surface area contributed by atoms with Gasteiger partial charge in [0.1, 0.15) is 0 Å². The standard InChI is InChI=1S/C11H15NO3/c1-15-11(14)9-4-2-3-8(7-9)10(13)5-6-12/h2-4,7,10,13H,5-6,12H2,1H3. The number of rotatable bonds is 4. The normalized spacial score (nSPS) is 12.2. The number of nitrogens with two attached hydrogens (primary N) is 1. The van der Waals surface area contributed by atoms with Crippen LogP contribution in [0.4, 0.5) is 0 Å². The number of esters is 1. The molecule has 0 aliphatic heterocycles. The second kappa shape index (κ2) is 5.48. The highest BCUT2D eigenvalue weighted by Crippen LogP contribution is 2.17. The minimum atomic E-state index is -0.625. The van der Waals surface area contributed by atoms with Gasteiger partial charge in [0.25, 0.3) is 0 Å². The zero-order valence-electron chi connectivity index (χ0n) is 8.64. The van der Waals surface area contributed by atoms with Crippen molar-refractivity contribution in [1.82, 2.24) is 0 Å². The molecule has 1 atom stereocenters. The van der Waals surface area contributed by atoms with Crippen molar-refractivity contribution in [3.63, 3.8) is 0 Å². The summed E-state index contributed by atoms with van der Waals surface area (Å²) in [6, 6.07) is 6.73. The summed E-state index contributed by atoms with van der Waals surface area (Å²) < 4.78 is 4.59. The number of carbonyl (C=O) groups is 1. The molecule has 15 heavy (non-hydrogen) atoms. The summed E-state index contributed by atoms with van der Waals surface area (Å²) in [5, 5.41) is 9.67. The molecule has 0 saturated carbocycles. The predicted molar refractivity (Wildman–Crippen MR) is 56.4 cm³/mol. The van der Waals surface area contributed by atoms with Crippen LogP contribution in [0.3, 0.4) is 0 Å². The van der Waals surface area contributed by atoms with E-state index in [0.29, 0.717) is 24.1 Å². The van der Waals surface area contributed by atoms with Crippen molar-refractivity contribution in [2.75, 3.05) is 13.7 Å². The maximum absolute atomic E-state index is 11.2. The molecule has 82 valence electrons. The van der Waals surface area contributed by atoms with E-state index >= 15 is 0 Å². The van der Waals surface area contributed by atoms with Crippen LogP contribution in [-0.2, 0) is 4.74 Å². The van der Waals surface area contributed by atoms with Crippen LogP contribution in [0.2, 0.25) is 0 Å². The van der Waals surface area contributed by atoms with E-state index in [-0.39, 0.29) is 0 Å². The Morgan fingerprint density at radius 3 is 2.93 bits per heavy atom. The minimum Gasteiger partial charge on any atom is -0.465 e. The average Bonchev–Trinajstić information content (AvgIpc) is 2.28. The van der Waals surface area contributed by atoms with Gasteiger partial charge in [-0.3, -0.25) is 0 Å². The van der Waals surface area contributed by atoms with Crippen molar-refractivity contribution >= 4 is 5.97 Å². The highest BCUT2D eigenvalue weighted by Gasteiger charge is 2.10. The third kappa shape index (κ3) is 3.04. The predicted octanol–water partition coefficient (Wildman–Crippen LogP) is 0.855. The largest absolute Gasteiger partial charge is 0.465 e. The van der Waals surface area contributed by atoms with Gasteiger partial charge in [0.05, 0.1) is 18.8 Å². The third-order valence-electron chi connectivity index (χ3n) is 2.13. The summed E-state index contributed by atoms with van der Waals surface area (Å²) in [6.45, 7) is 0.406. The Hall–Kier alpha value is -1.39. The molecule has 1 rings (SSSR count). The smallest absolute Gasteiger partial charge is 0.337 e. The van der Waals surface area contributed by atoms with Crippen LogP contribution in [-0.4, -0.2) is 24.7 Å². The first-order chi connectivity index (χ1) is 7.19. The van der Waals surface area contributed by atoms with E-state index in [1.807, 2.05) is 0 Å². The Kier molecular flexibility index (Phi) is 4.27. The van der Waals surface area contributed by atoms with E-state index in [1.54, 1.807) is 24.3 Å². The van der Waals surface area contributed by atoms with Crippen molar-refractivity contribution in [2.45, 2.75) is 12.5 Å². The second-order valence-corrected chi connectivity index (χ2v) is 3.21. The van der Waals surface area contributed by atoms with Gasteiger partial charge in [-0.05, 0) is 30.7 Å². The van der Waals surface area contributed by atoms with Gasteiger partial charge in [0.15, 0.2) is 0 Å². The highest BCUT2D eigenvalue weighted by molar-refractivity contribution is 5.89. The summed E-state index contributed by atoms with van der Waals surface area (Å²) in [6.07, 6.45) is -0.149. The molecule has 0 bridgehead atoms. The average molecular weight is 209 g/mol. The van der Waals surface area contributed by atoms with Crippen LogP contribution in [0.1, 0.15) is 28.4 Å². The summed E-state index contributed by atoms with van der Waals surface area (Å²) in [4.78, 5) is 11.2. The molecule has 0 heterocycles. The SMILES string of the molecule is COC(=O)c1cccc(C(O)CCN)c1. The first-order valence-electron chi connectivity index (χ1n) is 4.75. The van der Waals surface area contributed by atoms with Gasteiger partial charge in [0, 0.05) is 0 Å². The lowest BCUT2D eigenvalue weighted by atomic mass is 10.0.